The highest BCUT2D eigenvalue weighted by Gasteiger charge is 2.33. The molecular weight excluding hydrogens is 380 g/mol. The lowest BCUT2D eigenvalue weighted by molar-refractivity contribution is -0.123. The van der Waals surface area contributed by atoms with Gasteiger partial charge in [-0.2, -0.15) is 5.26 Å². The van der Waals surface area contributed by atoms with Gasteiger partial charge < -0.3 is 10.1 Å². The van der Waals surface area contributed by atoms with E-state index in [0.29, 0.717) is 22.6 Å². The van der Waals surface area contributed by atoms with Crippen LogP contribution in [0.2, 0.25) is 0 Å². The first-order valence-electron chi connectivity index (χ1n) is 9.06. The van der Waals surface area contributed by atoms with E-state index in [0.717, 1.165) is 11.1 Å². The number of ether oxygens (including phenoxy) is 1. The zero-order chi connectivity index (χ0) is 21.1. The summed E-state index contributed by atoms with van der Waals surface area (Å²) in [5.74, 6) is -0.622. The van der Waals surface area contributed by atoms with Crippen LogP contribution in [-0.4, -0.2) is 23.9 Å². The van der Waals surface area contributed by atoms with Crippen LogP contribution in [0.3, 0.4) is 0 Å². The summed E-state index contributed by atoms with van der Waals surface area (Å²) in [6.07, 6.45) is 3.42. The highest BCUT2D eigenvalue weighted by atomic mass is 16.5. The molecule has 0 fully saturated rings. The average molecular weight is 396 g/mol. The van der Waals surface area contributed by atoms with Crippen molar-refractivity contribution < 1.29 is 14.3 Å². The highest BCUT2D eigenvalue weighted by Crippen LogP contribution is 2.35. The molecule has 2 aromatic carbocycles. The van der Waals surface area contributed by atoms with Crippen LogP contribution < -0.4 is 15.4 Å². The number of methoxy groups -OCH3 is 1. The molecule has 3 aromatic rings. The quantitative estimate of drug-likeness (QED) is 0.642. The first kappa shape index (κ1) is 18.9. The van der Waals surface area contributed by atoms with Gasteiger partial charge >= 0.3 is 0 Å². The van der Waals surface area contributed by atoms with Crippen molar-refractivity contribution in [3.05, 3.63) is 83.8 Å². The van der Waals surface area contributed by atoms with E-state index in [1.165, 1.54) is 7.11 Å². The molecule has 4 rings (SSSR count). The summed E-state index contributed by atoms with van der Waals surface area (Å²) in [6, 6.07) is 17.8. The number of amides is 2. The third kappa shape index (κ3) is 3.50. The number of nitrogens with zero attached hydrogens (tertiary/aromatic N) is 2. The number of rotatable bonds is 5. The number of nitrogens with one attached hydrogen (secondary N) is 2. The average Bonchev–Trinajstić information content (AvgIpc) is 3.06. The number of anilines is 1. The minimum Gasteiger partial charge on any atom is -0.496 e. The molecule has 0 saturated carbocycles. The molecule has 7 nitrogen and oxygen atoms in total. The van der Waals surface area contributed by atoms with Crippen LogP contribution in [0.4, 0.5) is 5.69 Å². The number of aromatic nitrogens is 1. The number of hydrogen-bond acceptors (Lipinski definition) is 6. The molecule has 0 bridgehead atoms. The fourth-order valence-corrected chi connectivity index (χ4v) is 3.25. The van der Waals surface area contributed by atoms with Gasteiger partial charge in [-0.3, -0.25) is 19.9 Å². The Balaban J connectivity index is 1.80. The summed E-state index contributed by atoms with van der Waals surface area (Å²) in [6.45, 7) is 0. The Kier molecular flexibility index (Phi) is 4.97. The zero-order valence-corrected chi connectivity index (χ0v) is 16.0. The molecule has 7 heteroatoms. The highest BCUT2D eigenvalue weighted by molar-refractivity contribution is 6.37. The molecule has 2 amide bonds. The lowest BCUT2D eigenvalue weighted by Crippen LogP contribution is -2.24. The molecule has 0 atom stereocenters. The third-order valence-electron chi connectivity index (χ3n) is 4.66. The van der Waals surface area contributed by atoms with Gasteiger partial charge in [-0.1, -0.05) is 18.2 Å². The van der Waals surface area contributed by atoms with E-state index in [9.17, 15) is 9.59 Å². The maximum Gasteiger partial charge on any atom is 0.275 e. The number of hydrogen-bond donors (Lipinski definition) is 2. The van der Waals surface area contributed by atoms with Crippen molar-refractivity contribution in [3.8, 4) is 22.9 Å². The Labute approximate surface area is 172 Å². The van der Waals surface area contributed by atoms with Gasteiger partial charge in [0.25, 0.3) is 11.8 Å². The summed E-state index contributed by atoms with van der Waals surface area (Å²) in [5.41, 5.74) is 3.48. The maximum atomic E-state index is 12.6. The second-order valence-electron chi connectivity index (χ2n) is 6.51. The Morgan fingerprint density at radius 3 is 2.63 bits per heavy atom. The number of pyridine rings is 1. The van der Waals surface area contributed by atoms with E-state index < -0.39 is 11.8 Å². The molecule has 0 spiro atoms. The summed E-state index contributed by atoms with van der Waals surface area (Å²) in [4.78, 5) is 29.2. The minimum atomic E-state index is -0.546. The van der Waals surface area contributed by atoms with Crippen LogP contribution in [-0.2, 0) is 9.59 Å². The van der Waals surface area contributed by atoms with Crippen LogP contribution in [0.25, 0.3) is 16.7 Å². The van der Waals surface area contributed by atoms with Crippen LogP contribution in [0, 0.1) is 11.3 Å². The van der Waals surface area contributed by atoms with Gasteiger partial charge in [0.2, 0.25) is 0 Å². The summed E-state index contributed by atoms with van der Waals surface area (Å²) >= 11 is 0. The summed E-state index contributed by atoms with van der Waals surface area (Å²) < 4.78 is 5.52. The Hall–Kier alpha value is -4.44. The summed E-state index contributed by atoms with van der Waals surface area (Å²) in [5, 5.41) is 14.4. The SMILES string of the molecule is COc1cc(-c2cccnc2)ccc1C1=C(Nc2cccc(C#N)c2)C(=O)NC1=O. The van der Waals surface area contributed by atoms with Gasteiger partial charge in [-0.15, -0.1) is 0 Å². The standard InChI is InChI=1S/C23H16N4O3/c1-30-19-11-15(16-5-3-9-25-13-16)7-8-18(19)20-21(23(29)27-22(20)28)26-17-6-2-4-14(10-17)12-24/h2-11,13H,1H3,(H2,26,27,28,29). The fourth-order valence-electron chi connectivity index (χ4n) is 3.25. The van der Waals surface area contributed by atoms with Crippen LogP contribution in [0.5, 0.6) is 5.75 Å². The van der Waals surface area contributed by atoms with E-state index in [-0.39, 0.29) is 11.3 Å². The molecule has 0 radical (unpaired) electrons. The molecule has 1 aliphatic heterocycles. The van der Waals surface area contributed by atoms with E-state index in [4.69, 9.17) is 10.00 Å². The minimum absolute atomic E-state index is 0.0996. The predicted octanol–water partition coefficient (Wildman–Crippen LogP) is 3.11. The predicted molar refractivity (Wildman–Crippen MR) is 111 cm³/mol. The lowest BCUT2D eigenvalue weighted by Gasteiger charge is -2.13. The third-order valence-corrected chi connectivity index (χ3v) is 4.66. The van der Waals surface area contributed by atoms with Crippen LogP contribution >= 0.6 is 0 Å². The molecule has 1 aromatic heterocycles. The van der Waals surface area contributed by atoms with E-state index in [1.807, 2.05) is 24.3 Å². The van der Waals surface area contributed by atoms with Gasteiger partial charge in [0, 0.05) is 29.2 Å². The molecule has 1 aliphatic rings. The van der Waals surface area contributed by atoms with Gasteiger partial charge in [0.05, 0.1) is 24.3 Å². The molecular formula is C23H16N4O3. The lowest BCUT2D eigenvalue weighted by atomic mass is 9.99. The van der Waals surface area contributed by atoms with Gasteiger partial charge in [-0.25, -0.2) is 0 Å². The maximum absolute atomic E-state index is 12.6. The number of nitriles is 1. The van der Waals surface area contributed by atoms with Crippen molar-refractivity contribution in [2.45, 2.75) is 0 Å². The molecule has 0 unspecified atom stereocenters. The molecule has 0 saturated heterocycles. The number of imide groups is 1. The fraction of sp³-hybridized carbons (Fsp3) is 0.0435. The Bertz CT molecular complexity index is 1230. The van der Waals surface area contributed by atoms with Gasteiger partial charge in [0.15, 0.2) is 0 Å². The van der Waals surface area contributed by atoms with Gasteiger partial charge in [-0.05, 0) is 42.0 Å². The first-order chi connectivity index (χ1) is 14.6. The number of carbonyl (C=O) groups excluding carboxylic acids is 2. The Morgan fingerprint density at radius 1 is 1.03 bits per heavy atom. The smallest absolute Gasteiger partial charge is 0.275 e. The van der Waals surface area contributed by atoms with Crippen molar-refractivity contribution in [3.63, 3.8) is 0 Å². The largest absolute Gasteiger partial charge is 0.496 e. The second kappa shape index (κ2) is 7.89. The number of carbonyl (C=O) groups is 2. The molecule has 0 aliphatic carbocycles. The molecule has 30 heavy (non-hydrogen) atoms. The van der Waals surface area contributed by atoms with Crippen molar-refractivity contribution in [1.29, 1.82) is 5.26 Å². The first-order valence-corrected chi connectivity index (χ1v) is 9.06. The Morgan fingerprint density at radius 2 is 1.90 bits per heavy atom. The summed E-state index contributed by atoms with van der Waals surface area (Å²) in [7, 11) is 1.50. The number of benzene rings is 2. The van der Waals surface area contributed by atoms with Crippen molar-refractivity contribution in [2.75, 3.05) is 12.4 Å². The van der Waals surface area contributed by atoms with E-state index >= 15 is 0 Å². The monoisotopic (exact) mass is 396 g/mol. The van der Waals surface area contributed by atoms with Crippen molar-refractivity contribution >= 4 is 23.1 Å². The van der Waals surface area contributed by atoms with Crippen molar-refractivity contribution in [2.24, 2.45) is 0 Å². The second-order valence-corrected chi connectivity index (χ2v) is 6.51. The van der Waals surface area contributed by atoms with Crippen LogP contribution in [0.15, 0.2) is 72.7 Å². The van der Waals surface area contributed by atoms with E-state index in [2.05, 4.69) is 15.6 Å². The van der Waals surface area contributed by atoms with Gasteiger partial charge in [0.1, 0.15) is 11.4 Å². The molecule has 146 valence electrons. The normalized spacial score (nSPS) is 13.1. The van der Waals surface area contributed by atoms with Crippen molar-refractivity contribution in [1.82, 2.24) is 10.3 Å². The van der Waals surface area contributed by atoms with E-state index in [1.54, 1.807) is 48.8 Å². The zero-order valence-electron chi connectivity index (χ0n) is 16.0. The topological polar surface area (TPSA) is 104 Å². The molecule has 2 N–H and O–H groups in total. The molecule has 2 heterocycles. The van der Waals surface area contributed by atoms with Crippen LogP contribution in [0.1, 0.15) is 11.1 Å².